The molecule has 48 heavy (non-hydrogen) atoms. The quantitative estimate of drug-likeness (QED) is 0.219. The SMILES string of the molecule is CN(CC(C)(CCN1CCC2C(CCN2C(=O)OC(C)(C)C)C1)c1ccccc1)S(=O)(=O)c1ccc(C(=O)OCc2ccccc2)cc1. The van der Waals surface area contributed by atoms with Crippen LogP contribution in [0.25, 0.3) is 0 Å². The molecule has 2 aliphatic rings. The molecule has 258 valence electrons. The number of sulfonamides is 1. The maximum absolute atomic E-state index is 13.8. The van der Waals surface area contributed by atoms with Gasteiger partial charge in [-0.1, -0.05) is 67.6 Å². The summed E-state index contributed by atoms with van der Waals surface area (Å²) >= 11 is 0. The predicted molar refractivity (Wildman–Crippen MR) is 186 cm³/mol. The van der Waals surface area contributed by atoms with E-state index in [2.05, 4.69) is 24.0 Å². The molecule has 3 aromatic rings. The van der Waals surface area contributed by atoms with E-state index in [0.29, 0.717) is 11.5 Å². The zero-order valence-electron chi connectivity index (χ0n) is 28.8. The van der Waals surface area contributed by atoms with Gasteiger partial charge in [0.25, 0.3) is 0 Å². The predicted octanol–water partition coefficient (Wildman–Crippen LogP) is 6.34. The van der Waals surface area contributed by atoms with Crippen LogP contribution in [0.5, 0.6) is 0 Å². The van der Waals surface area contributed by atoms with Crippen molar-refractivity contribution in [3.63, 3.8) is 0 Å². The van der Waals surface area contributed by atoms with Crippen molar-refractivity contribution in [3.05, 3.63) is 102 Å². The number of nitrogens with zero attached hydrogens (tertiary/aromatic N) is 3. The number of hydrogen-bond acceptors (Lipinski definition) is 7. The molecule has 9 nitrogen and oxygen atoms in total. The minimum atomic E-state index is -3.84. The Hall–Kier alpha value is -3.73. The number of piperidine rings is 1. The number of esters is 1. The van der Waals surface area contributed by atoms with Gasteiger partial charge in [-0.15, -0.1) is 0 Å². The molecule has 0 aliphatic carbocycles. The highest BCUT2D eigenvalue weighted by atomic mass is 32.2. The summed E-state index contributed by atoms with van der Waals surface area (Å²) in [6.07, 6.45) is 2.40. The molecule has 5 rings (SSSR count). The molecule has 0 aromatic heterocycles. The number of carbonyl (C=O) groups excluding carboxylic acids is 2. The van der Waals surface area contributed by atoms with Gasteiger partial charge >= 0.3 is 12.1 Å². The second kappa shape index (κ2) is 14.8. The molecule has 0 bridgehead atoms. The van der Waals surface area contributed by atoms with E-state index < -0.39 is 27.0 Å². The molecule has 3 unspecified atom stereocenters. The summed E-state index contributed by atoms with van der Waals surface area (Å²) in [5, 5.41) is 0. The molecule has 1 amide bonds. The summed E-state index contributed by atoms with van der Waals surface area (Å²) < 4.78 is 40.1. The third-order valence-corrected chi connectivity index (χ3v) is 11.4. The van der Waals surface area contributed by atoms with Gasteiger partial charge in [-0.25, -0.2) is 22.3 Å². The van der Waals surface area contributed by atoms with Crippen LogP contribution in [-0.2, 0) is 31.5 Å². The number of rotatable bonds is 11. The summed E-state index contributed by atoms with van der Waals surface area (Å²) in [7, 11) is -2.22. The van der Waals surface area contributed by atoms with Gasteiger partial charge in [0.2, 0.25) is 10.0 Å². The van der Waals surface area contributed by atoms with E-state index in [-0.39, 0.29) is 30.2 Å². The highest BCUT2D eigenvalue weighted by Crippen LogP contribution is 2.35. The lowest BCUT2D eigenvalue weighted by atomic mass is 9.79. The molecule has 0 spiro atoms. The summed E-state index contributed by atoms with van der Waals surface area (Å²) in [4.78, 5) is 29.9. The Kier molecular flexibility index (Phi) is 11.0. The van der Waals surface area contributed by atoms with Crippen LogP contribution in [0.15, 0.2) is 89.8 Å². The van der Waals surface area contributed by atoms with Crippen LogP contribution in [0.1, 0.15) is 68.4 Å². The summed E-state index contributed by atoms with van der Waals surface area (Å²) in [5.41, 5.74) is 1.27. The van der Waals surface area contributed by atoms with Crippen molar-refractivity contribution in [1.29, 1.82) is 0 Å². The largest absolute Gasteiger partial charge is 0.457 e. The summed E-state index contributed by atoms with van der Waals surface area (Å²) in [5.74, 6) is -0.108. The van der Waals surface area contributed by atoms with Crippen LogP contribution in [0.4, 0.5) is 4.79 Å². The van der Waals surface area contributed by atoms with Gasteiger partial charge in [-0.3, -0.25) is 0 Å². The molecule has 10 heteroatoms. The third kappa shape index (κ3) is 8.64. The van der Waals surface area contributed by atoms with Crippen LogP contribution >= 0.6 is 0 Å². The van der Waals surface area contributed by atoms with Crippen molar-refractivity contribution in [2.24, 2.45) is 5.92 Å². The molecule has 2 fully saturated rings. The van der Waals surface area contributed by atoms with Crippen LogP contribution < -0.4 is 0 Å². The number of fused-ring (bicyclic) bond motifs is 1. The number of benzene rings is 3. The van der Waals surface area contributed by atoms with E-state index in [0.717, 1.165) is 56.6 Å². The van der Waals surface area contributed by atoms with Crippen molar-refractivity contribution in [2.75, 3.05) is 39.8 Å². The van der Waals surface area contributed by atoms with E-state index in [9.17, 15) is 18.0 Å². The minimum Gasteiger partial charge on any atom is -0.457 e. The van der Waals surface area contributed by atoms with Crippen LogP contribution in [0.3, 0.4) is 0 Å². The van der Waals surface area contributed by atoms with Crippen molar-refractivity contribution in [1.82, 2.24) is 14.1 Å². The number of likely N-dealkylation sites (tertiary alicyclic amines) is 2. The maximum atomic E-state index is 13.8. The Morgan fingerprint density at radius 1 is 0.875 bits per heavy atom. The number of amides is 1. The standard InChI is InChI=1S/C38H49N3O6S/c1-37(2,3)47-36(43)41-24-20-31-26-40(23-21-34(31)41)25-22-38(4,32-14-10-7-11-15-32)28-39(5)48(44,45)33-18-16-30(17-19-33)35(42)46-27-29-12-8-6-9-13-29/h6-19,31,34H,20-28H2,1-5H3. The van der Waals surface area contributed by atoms with E-state index in [4.69, 9.17) is 9.47 Å². The first-order chi connectivity index (χ1) is 22.7. The van der Waals surface area contributed by atoms with Crippen molar-refractivity contribution >= 4 is 22.1 Å². The summed E-state index contributed by atoms with van der Waals surface area (Å²) in [6.45, 7) is 11.6. The fourth-order valence-corrected chi connectivity index (χ4v) is 8.19. The molecule has 0 saturated carbocycles. The van der Waals surface area contributed by atoms with Gasteiger partial charge < -0.3 is 19.3 Å². The lowest BCUT2D eigenvalue weighted by Crippen LogP contribution is -2.49. The van der Waals surface area contributed by atoms with Gasteiger partial charge in [0, 0.05) is 44.7 Å². The molecule has 2 saturated heterocycles. The average molecular weight is 676 g/mol. The smallest absolute Gasteiger partial charge is 0.410 e. The highest BCUT2D eigenvalue weighted by molar-refractivity contribution is 7.89. The second-order valence-electron chi connectivity index (χ2n) is 14.4. The fraction of sp³-hybridized carbons (Fsp3) is 0.474. The molecular weight excluding hydrogens is 626 g/mol. The first-order valence-electron chi connectivity index (χ1n) is 16.8. The van der Waals surface area contributed by atoms with Crippen molar-refractivity contribution in [3.8, 4) is 0 Å². The molecule has 2 aliphatic heterocycles. The van der Waals surface area contributed by atoms with Gasteiger partial charge in [0.1, 0.15) is 12.2 Å². The Labute approximate surface area is 285 Å². The molecule has 0 N–H and O–H groups in total. The Balaban J connectivity index is 1.22. The maximum Gasteiger partial charge on any atom is 0.410 e. The number of hydrogen-bond donors (Lipinski definition) is 0. The Bertz CT molecular complexity index is 1640. The van der Waals surface area contributed by atoms with Gasteiger partial charge in [0.15, 0.2) is 0 Å². The van der Waals surface area contributed by atoms with Gasteiger partial charge in [-0.05, 0) is 87.9 Å². The minimum absolute atomic E-state index is 0.123. The van der Waals surface area contributed by atoms with E-state index >= 15 is 0 Å². The van der Waals surface area contributed by atoms with Crippen LogP contribution in [-0.4, -0.2) is 86.0 Å². The Morgan fingerprint density at radius 3 is 2.17 bits per heavy atom. The normalized spacial score (nSPS) is 19.8. The molecule has 3 aromatic carbocycles. The van der Waals surface area contributed by atoms with Crippen LogP contribution in [0.2, 0.25) is 0 Å². The van der Waals surface area contributed by atoms with Gasteiger partial charge in [-0.2, -0.15) is 0 Å². The topological polar surface area (TPSA) is 96.5 Å². The highest BCUT2D eigenvalue weighted by Gasteiger charge is 2.42. The first-order valence-corrected chi connectivity index (χ1v) is 18.2. The average Bonchev–Trinajstić information content (AvgIpc) is 3.50. The van der Waals surface area contributed by atoms with E-state index in [1.165, 1.54) is 28.6 Å². The number of ether oxygens (including phenoxy) is 2. The lowest BCUT2D eigenvalue weighted by Gasteiger charge is -2.40. The fourth-order valence-electron chi connectivity index (χ4n) is 6.90. The molecular formula is C38H49N3O6S. The molecule has 2 heterocycles. The molecule has 3 atom stereocenters. The van der Waals surface area contributed by atoms with Crippen LogP contribution in [0, 0.1) is 5.92 Å². The number of carbonyl (C=O) groups is 2. The van der Waals surface area contributed by atoms with E-state index in [1.807, 2.05) is 74.2 Å². The van der Waals surface area contributed by atoms with Gasteiger partial charge in [0.05, 0.1) is 10.5 Å². The second-order valence-corrected chi connectivity index (χ2v) is 16.4. The monoisotopic (exact) mass is 675 g/mol. The van der Waals surface area contributed by atoms with Crippen molar-refractivity contribution in [2.45, 2.75) is 75.5 Å². The molecule has 0 radical (unpaired) electrons. The van der Waals surface area contributed by atoms with E-state index in [1.54, 1.807) is 7.05 Å². The lowest BCUT2D eigenvalue weighted by molar-refractivity contribution is 0.0139. The Morgan fingerprint density at radius 2 is 1.52 bits per heavy atom. The zero-order chi connectivity index (χ0) is 34.5. The van der Waals surface area contributed by atoms with Crippen molar-refractivity contribution < 1.29 is 27.5 Å². The first kappa shape index (κ1) is 35.6. The summed E-state index contributed by atoms with van der Waals surface area (Å²) in [6, 6.07) is 25.6. The number of likely N-dealkylation sites (N-methyl/N-ethyl adjacent to an activating group) is 1. The third-order valence-electron chi connectivity index (χ3n) is 9.58. The zero-order valence-corrected chi connectivity index (χ0v) is 29.6.